The summed E-state index contributed by atoms with van der Waals surface area (Å²) in [7, 11) is 4.65. The van der Waals surface area contributed by atoms with E-state index in [0.717, 1.165) is 13.1 Å². The van der Waals surface area contributed by atoms with Gasteiger partial charge in [-0.2, -0.15) is 5.10 Å². The molecule has 16 heteroatoms. The van der Waals surface area contributed by atoms with Crippen LogP contribution in [-0.2, 0) is 23.8 Å². The van der Waals surface area contributed by atoms with Crippen molar-refractivity contribution in [2.24, 2.45) is 34.7 Å². The maximum atomic E-state index is 14.4. The van der Waals surface area contributed by atoms with Gasteiger partial charge in [0.05, 0.1) is 66.0 Å². The highest BCUT2D eigenvalue weighted by Crippen LogP contribution is 2.55. The van der Waals surface area contributed by atoms with E-state index in [1.165, 1.54) is 59.6 Å². The van der Waals surface area contributed by atoms with Crippen LogP contribution in [0.3, 0.4) is 0 Å². The summed E-state index contributed by atoms with van der Waals surface area (Å²) >= 11 is 0. The lowest BCUT2D eigenvalue weighted by Gasteiger charge is -2.37. The highest BCUT2D eigenvalue weighted by Gasteiger charge is 2.50. The Hall–Kier alpha value is -5.16. The van der Waals surface area contributed by atoms with E-state index in [4.69, 9.17) is 18.9 Å². The van der Waals surface area contributed by atoms with Gasteiger partial charge in [-0.1, -0.05) is 45.9 Å². The van der Waals surface area contributed by atoms with E-state index in [-0.39, 0.29) is 44.5 Å². The number of benzene rings is 2. The summed E-state index contributed by atoms with van der Waals surface area (Å²) in [6.45, 7) is 13.8. The minimum Gasteiger partial charge on any atom is -0.507 e. The molecule has 16 nitrogen and oxygen atoms in total. The number of fused-ring (bicyclic) bond motifs is 14. The SMILES string of the molecule is COC(=O)C1C(C)C(OC)C=COC2(C)Oc3c(C)c(O)c4c(O)c(c(C=NN5CCN(C)CC5)c(O)c4c3C2=O)NC(=O)C(C)=CC=CC(C)C(O)C(C)C(O)C1C. The molecule has 0 spiro atoms. The number of anilines is 1. The molecule has 6 rings (SSSR count). The Morgan fingerprint density at radius 1 is 0.932 bits per heavy atom. The monoisotopic (exact) mass is 822 g/mol. The van der Waals surface area contributed by atoms with Crippen LogP contribution in [0.15, 0.2) is 41.2 Å². The van der Waals surface area contributed by atoms with E-state index in [1.807, 2.05) is 7.05 Å². The first-order chi connectivity index (χ1) is 27.8. The van der Waals surface area contributed by atoms with Gasteiger partial charge in [-0.3, -0.25) is 19.4 Å². The van der Waals surface area contributed by atoms with Crippen LogP contribution >= 0.6 is 0 Å². The molecule has 9 atom stereocenters. The summed E-state index contributed by atoms with van der Waals surface area (Å²) in [5.74, 6) is -9.41. The zero-order chi connectivity index (χ0) is 43.7. The number of phenols is 3. The Morgan fingerprint density at radius 2 is 1.59 bits per heavy atom. The number of esters is 1. The second-order valence-corrected chi connectivity index (χ2v) is 16.1. The second-order valence-electron chi connectivity index (χ2n) is 16.1. The van der Waals surface area contributed by atoms with Crippen molar-refractivity contribution in [1.82, 2.24) is 9.91 Å². The molecule has 2 aromatic rings. The lowest BCUT2D eigenvalue weighted by atomic mass is 9.73. The predicted molar refractivity (Wildman–Crippen MR) is 220 cm³/mol. The van der Waals surface area contributed by atoms with Gasteiger partial charge in [0.2, 0.25) is 0 Å². The summed E-state index contributed by atoms with van der Waals surface area (Å²) < 4.78 is 23.0. The van der Waals surface area contributed by atoms with Gasteiger partial charge >= 0.3 is 11.8 Å². The molecular weight excluding hydrogens is 764 g/mol. The Balaban J connectivity index is 1.71. The van der Waals surface area contributed by atoms with Gasteiger partial charge in [-0.15, -0.1) is 0 Å². The summed E-state index contributed by atoms with van der Waals surface area (Å²) in [6, 6.07) is 0. The van der Waals surface area contributed by atoms with Crippen LogP contribution in [0.1, 0.15) is 63.0 Å². The number of methoxy groups -OCH3 is 2. The predicted octanol–water partition coefficient (Wildman–Crippen LogP) is 4.19. The fourth-order valence-corrected chi connectivity index (χ4v) is 8.12. The third kappa shape index (κ3) is 8.62. The van der Waals surface area contributed by atoms with E-state index >= 15 is 0 Å². The van der Waals surface area contributed by atoms with Crippen molar-refractivity contribution in [3.8, 4) is 23.0 Å². The molecule has 0 saturated carbocycles. The van der Waals surface area contributed by atoms with E-state index in [1.54, 1.807) is 44.9 Å². The largest absolute Gasteiger partial charge is 0.507 e. The molecule has 6 N–H and O–H groups in total. The number of carbonyl (C=O) groups excluding carboxylic acids is 3. The topological polar surface area (TPSA) is 220 Å². The number of hydrazone groups is 1. The lowest BCUT2D eigenvalue weighted by Crippen LogP contribution is -2.45. The molecule has 0 radical (unpaired) electrons. The minimum absolute atomic E-state index is 0.0529. The summed E-state index contributed by atoms with van der Waals surface area (Å²) in [5, 5.41) is 66.9. The lowest BCUT2D eigenvalue weighted by molar-refractivity contribution is -0.155. The molecule has 1 amide bonds. The molecule has 4 aliphatic heterocycles. The van der Waals surface area contributed by atoms with Crippen LogP contribution in [-0.4, -0.2) is 131 Å². The number of likely N-dealkylation sites (N-methyl/N-ethyl adjacent to an activating group) is 1. The molecule has 4 heterocycles. The van der Waals surface area contributed by atoms with Gasteiger partial charge in [0.15, 0.2) is 5.75 Å². The van der Waals surface area contributed by atoms with Crippen molar-refractivity contribution in [3.05, 3.63) is 52.8 Å². The van der Waals surface area contributed by atoms with Crippen LogP contribution in [0.4, 0.5) is 5.69 Å². The van der Waals surface area contributed by atoms with Gasteiger partial charge in [-0.25, -0.2) is 0 Å². The average molecular weight is 823 g/mol. The second kappa shape index (κ2) is 18.0. The zero-order valence-electron chi connectivity index (χ0n) is 35.3. The number of carbonyl (C=O) groups is 3. The number of allylic oxidation sites excluding steroid dienone is 2. The van der Waals surface area contributed by atoms with Gasteiger partial charge < -0.3 is 54.7 Å². The first kappa shape index (κ1) is 44.9. The summed E-state index contributed by atoms with van der Waals surface area (Å²) in [5.41, 5.74) is -0.364. The van der Waals surface area contributed by atoms with Crippen molar-refractivity contribution in [1.29, 1.82) is 0 Å². The number of hydrogen-bond acceptors (Lipinski definition) is 15. The number of amides is 1. The third-order valence-corrected chi connectivity index (χ3v) is 12.1. The van der Waals surface area contributed by atoms with Crippen LogP contribution in [0.2, 0.25) is 0 Å². The smallest absolute Gasteiger partial charge is 0.312 e. The number of aliphatic hydroxyl groups excluding tert-OH is 2. The van der Waals surface area contributed by atoms with Gasteiger partial charge in [0.25, 0.3) is 11.7 Å². The van der Waals surface area contributed by atoms with E-state index in [2.05, 4.69) is 15.3 Å². The average Bonchev–Trinajstić information content (AvgIpc) is 3.47. The molecule has 59 heavy (non-hydrogen) atoms. The molecular formula is C43H58N4O12. The highest BCUT2D eigenvalue weighted by atomic mass is 16.7. The molecule has 1 saturated heterocycles. The number of hydrogen-bond donors (Lipinski definition) is 6. The van der Waals surface area contributed by atoms with Crippen LogP contribution in [0.5, 0.6) is 23.0 Å². The van der Waals surface area contributed by atoms with Crippen LogP contribution in [0.25, 0.3) is 10.8 Å². The van der Waals surface area contributed by atoms with Gasteiger partial charge in [0, 0.05) is 68.6 Å². The fourth-order valence-electron chi connectivity index (χ4n) is 8.12. The van der Waals surface area contributed by atoms with Crippen LogP contribution < -0.4 is 10.1 Å². The fraction of sp³-hybridized carbons (Fsp3) is 0.535. The highest BCUT2D eigenvalue weighted by molar-refractivity contribution is 6.23. The zero-order valence-corrected chi connectivity index (χ0v) is 35.3. The molecule has 1 fully saturated rings. The van der Waals surface area contributed by atoms with E-state index in [9.17, 15) is 39.9 Å². The maximum Gasteiger partial charge on any atom is 0.312 e. The molecule has 0 aliphatic carbocycles. The molecule has 5 bridgehead atoms. The van der Waals surface area contributed by atoms with Gasteiger partial charge in [0.1, 0.15) is 17.2 Å². The number of rotatable bonds is 4. The summed E-state index contributed by atoms with van der Waals surface area (Å²) in [6.07, 6.45) is 5.65. The van der Waals surface area contributed by atoms with E-state index in [0.29, 0.717) is 13.1 Å². The van der Waals surface area contributed by atoms with Crippen molar-refractivity contribution in [2.75, 3.05) is 52.8 Å². The number of aliphatic hydroxyl groups is 2. The third-order valence-electron chi connectivity index (χ3n) is 12.1. The number of phenolic OH excluding ortho intramolecular Hbond substituents is 3. The number of piperazine rings is 1. The van der Waals surface area contributed by atoms with E-state index < -0.39 is 88.6 Å². The number of Topliss-reactive ketones (excluding diaryl/α,β-unsaturated/α-hetero) is 1. The van der Waals surface area contributed by atoms with Crippen molar-refractivity contribution in [2.45, 2.75) is 72.6 Å². The number of ketones is 1. The standard InChI is InChI=1S/C43H58N4O12/c1-21-12-11-13-22(2)41(54)45-33-27(20-44-47-17-15-46(8)16-18-47)37(51)30-31(38(33)52)36(50)26(6)39-32(30)40(53)43(7,59-39)58-19-14-28(56-9)23(3)29(42(55)57-10)24(4)35(49)25(5)34(21)48/h11-14,19-21,23-25,28-29,34-35,48-52H,15-18H2,1-10H3,(H,45,54). The van der Waals surface area contributed by atoms with Crippen molar-refractivity contribution < 1.29 is 58.9 Å². The Labute approximate surface area is 344 Å². The molecule has 4 aliphatic rings. The Kier molecular flexibility index (Phi) is 13.7. The first-order valence-corrected chi connectivity index (χ1v) is 19.7. The normalized spacial score (nSPS) is 30.1. The van der Waals surface area contributed by atoms with Crippen molar-refractivity contribution in [3.63, 3.8) is 0 Å². The Bertz CT molecular complexity index is 2070. The first-order valence-electron chi connectivity index (χ1n) is 19.7. The van der Waals surface area contributed by atoms with Gasteiger partial charge in [-0.05, 0) is 38.8 Å². The summed E-state index contributed by atoms with van der Waals surface area (Å²) in [4.78, 5) is 43.6. The minimum atomic E-state index is -2.05. The maximum absolute atomic E-state index is 14.4. The quantitative estimate of drug-likeness (QED) is 0.110. The number of nitrogens with one attached hydrogen (secondary N) is 1. The number of aromatic hydroxyl groups is 3. The molecule has 0 aromatic heterocycles. The van der Waals surface area contributed by atoms with Crippen molar-refractivity contribution >= 4 is 40.3 Å². The Morgan fingerprint density at radius 3 is 2.22 bits per heavy atom. The molecule has 322 valence electrons. The number of ether oxygens (including phenoxy) is 4. The van der Waals surface area contributed by atoms with Crippen LogP contribution in [0, 0.1) is 36.5 Å². The number of nitrogens with zero attached hydrogens (tertiary/aromatic N) is 3. The molecule has 9 unspecified atom stereocenters. The molecule has 2 aromatic carbocycles.